The van der Waals surface area contributed by atoms with Crippen molar-refractivity contribution in [2.24, 2.45) is 5.10 Å². The minimum atomic E-state index is -3.66. The minimum absolute atomic E-state index is 0.0109. The van der Waals surface area contributed by atoms with Gasteiger partial charge in [0.15, 0.2) is 5.60 Å². The summed E-state index contributed by atoms with van der Waals surface area (Å²) in [5.41, 5.74) is -3.06. The molecule has 1 N–H and O–H groups in total. The van der Waals surface area contributed by atoms with Gasteiger partial charge in [0.1, 0.15) is 5.69 Å². The molecule has 0 fully saturated rings. The molecule has 0 saturated heterocycles. The third-order valence-electron chi connectivity index (χ3n) is 4.04. The van der Waals surface area contributed by atoms with Crippen molar-refractivity contribution in [1.82, 2.24) is 9.99 Å². The lowest BCUT2D eigenvalue weighted by Gasteiger charge is -2.38. The van der Waals surface area contributed by atoms with Crippen LogP contribution in [0.3, 0.4) is 0 Å². The van der Waals surface area contributed by atoms with Crippen molar-refractivity contribution in [3.63, 3.8) is 0 Å². The normalized spacial score (nSPS) is 16.9. The second-order valence-electron chi connectivity index (χ2n) is 5.78. The highest BCUT2D eigenvalue weighted by atomic mass is 79.9. The van der Waals surface area contributed by atoms with E-state index in [1.54, 1.807) is 12.3 Å². The van der Waals surface area contributed by atoms with Crippen molar-refractivity contribution in [1.29, 1.82) is 0 Å². The summed E-state index contributed by atoms with van der Waals surface area (Å²) in [4.78, 5) is 3.79. The molecular formula is C17H15BrClF2N3O. The highest BCUT2D eigenvalue weighted by molar-refractivity contribution is 9.10. The van der Waals surface area contributed by atoms with Gasteiger partial charge in [-0.1, -0.05) is 23.7 Å². The number of aliphatic hydroxyl groups is 1. The minimum Gasteiger partial charge on any atom is -0.377 e. The molecule has 0 spiro atoms. The number of benzene rings is 1. The quantitative estimate of drug-likeness (QED) is 0.774. The molecule has 3 rings (SSSR count). The first-order valence-corrected chi connectivity index (χ1v) is 8.76. The van der Waals surface area contributed by atoms with E-state index in [0.29, 0.717) is 17.4 Å². The van der Waals surface area contributed by atoms with E-state index < -0.39 is 17.2 Å². The van der Waals surface area contributed by atoms with Gasteiger partial charge in [0.2, 0.25) is 0 Å². The summed E-state index contributed by atoms with van der Waals surface area (Å²) < 4.78 is 31.3. The van der Waals surface area contributed by atoms with Crippen LogP contribution in [-0.4, -0.2) is 34.4 Å². The molecule has 1 aliphatic rings. The smallest absolute Gasteiger partial charge is 0.323 e. The Labute approximate surface area is 157 Å². The Morgan fingerprint density at radius 3 is 2.68 bits per heavy atom. The molecule has 1 unspecified atom stereocenters. The standard InChI is InChI=1S/C17H15BrClF2N3O/c18-13-5-6-15(22-10-13)17(20,21)16(25,11-24-8-2-7-23-24)12-3-1-4-14(19)9-12/h1,3-7,9-10,25H,2,8,11H2. The Balaban J connectivity index is 2.08. The fraction of sp³-hybridized carbons (Fsp3) is 0.294. The second kappa shape index (κ2) is 6.97. The van der Waals surface area contributed by atoms with E-state index in [1.165, 1.54) is 41.5 Å². The molecule has 0 saturated carbocycles. The number of hydrogen-bond acceptors (Lipinski definition) is 4. The molecule has 0 amide bonds. The average molecular weight is 431 g/mol. The van der Waals surface area contributed by atoms with E-state index in [1.807, 2.05) is 0 Å². The molecular weight excluding hydrogens is 416 g/mol. The Kier molecular flexibility index (Phi) is 5.09. The summed E-state index contributed by atoms with van der Waals surface area (Å²) in [7, 11) is 0. The first-order chi connectivity index (χ1) is 11.8. The highest BCUT2D eigenvalue weighted by Gasteiger charge is 2.57. The third-order valence-corrected chi connectivity index (χ3v) is 4.75. The molecule has 25 heavy (non-hydrogen) atoms. The monoisotopic (exact) mass is 429 g/mol. The van der Waals surface area contributed by atoms with Crippen LogP contribution in [-0.2, 0) is 11.5 Å². The maximum absolute atomic E-state index is 15.4. The van der Waals surface area contributed by atoms with Crippen LogP contribution in [0, 0.1) is 0 Å². The predicted molar refractivity (Wildman–Crippen MR) is 95.9 cm³/mol. The number of halogens is 4. The molecule has 2 aromatic rings. The van der Waals surface area contributed by atoms with E-state index in [0.717, 1.165) is 0 Å². The molecule has 0 bridgehead atoms. The Morgan fingerprint density at radius 1 is 1.28 bits per heavy atom. The van der Waals surface area contributed by atoms with Gasteiger partial charge in [-0.2, -0.15) is 13.9 Å². The van der Waals surface area contributed by atoms with Crippen LogP contribution >= 0.6 is 27.5 Å². The highest BCUT2D eigenvalue weighted by Crippen LogP contribution is 2.46. The van der Waals surface area contributed by atoms with Crippen LogP contribution in [0.4, 0.5) is 8.78 Å². The van der Waals surface area contributed by atoms with E-state index in [4.69, 9.17) is 11.6 Å². The van der Waals surface area contributed by atoms with Crippen molar-refractivity contribution < 1.29 is 13.9 Å². The van der Waals surface area contributed by atoms with Crippen molar-refractivity contribution in [3.8, 4) is 0 Å². The molecule has 8 heteroatoms. The molecule has 132 valence electrons. The van der Waals surface area contributed by atoms with Gasteiger partial charge in [0.05, 0.1) is 6.54 Å². The Morgan fingerprint density at radius 2 is 2.08 bits per heavy atom. The SMILES string of the molecule is OC(CN1CCC=N1)(c1cccc(Cl)c1)C(F)(F)c1ccc(Br)cn1. The first kappa shape index (κ1) is 18.2. The van der Waals surface area contributed by atoms with Crippen molar-refractivity contribution in [3.05, 3.63) is 63.3 Å². The molecule has 2 heterocycles. The maximum atomic E-state index is 15.4. The number of aromatic nitrogens is 1. The summed E-state index contributed by atoms with van der Waals surface area (Å²) in [6.45, 7) is 0.0846. The first-order valence-electron chi connectivity index (χ1n) is 7.58. The fourth-order valence-electron chi connectivity index (χ4n) is 2.71. The number of pyridine rings is 1. The van der Waals surface area contributed by atoms with E-state index in [2.05, 4.69) is 26.0 Å². The molecule has 4 nitrogen and oxygen atoms in total. The topological polar surface area (TPSA) is 48.7 Å². The summed E-state index contributed by atoms with van der Waals surface area (Å²) in [6.07, 6.45) is 3.55. The van der Waals surface area contributed by atoms with Crippen molar-refractivity contribution in [2.75, 3.05) is 13.1 Å². The Bertz CT molecular complexity index is 788. The summed E-state index contributed by atoms with van der Waals surface area (Å²) in [5.74, 6) is -3.66. The zero-order valence-corrected chi connectivity index (χ0v) is 15.4. The molecule has 1 aromatic heterocycles. The van der Waals surface area contributed by atoms with E-state index in [-0.39, 0.29) is 17.1 Å². The van der Waals surface area contributed by atoms with Gasteiger partial charge in [0.25, 0.3) is 0 Å². The lowest BCUT2D eigenvalue weighted by Crippen LogP contribution is -2.50. The molecule has 1 aliphatic heterocycles. The largest absolute Gasteiger partial charge is 0.377 e. The van der Waals surface area contributed by atoms with Gasteiger partial charge in [-0.15, -0.1) is 0 Å². The zero-order valence-electron chi connectivity index (χ0n) is 13.0. The number of nitrogens with zero attached hydrogens (tertiary/aromatic N) is 3. The van der Waals surface area contributed by atoms with Crippen LogP contribution in [0.1, 0.15) is 17.7 Å². The van der Waals surface area contributed by atoms with Crippen LogP contribution in [0.15, 0.2) is 52.2 Å². The second-order valence-corrected chi connectivity index (χ2v) is 7.13. The predicted octanol–water partition coefficient (Wildman–Crippen LogP) is 4.17. The average Bonchev–Trinajstić information content (AvgIpc) is 3.08. The molecule has 0 radical (unpaired) electrons. The molecule has 0 aliphatic carbocycles. The van der Waals surface area contributed by atoms with Crippen LogP contribution in [0.5, 0.6) is 0 Å². The number of hydrogen-bond donors (Lipinski definition) is 1. The number of hydrazone groups is 1. The van der Waals surface area contributed by atoms with Gasteiger partial charge in [-0.05, 0) is 45.8 Å². The van der Waals surface area contributed by atoms with Crippen LogP contribution in [0.25, 0.3) is 0 Å². The van der Waals surface area contributed by atoms with Gasteiger partial charge >= 0.3 is 5.92 Å². The summed E-state index contributed by atoms with van der Waals surface area (Å²) >= 11 is 9.14. The molecule has 1 atom stereocenters. The zero-order chi connectivity index (χ0) is 18.1. The van der Waals surface area contributed by atoms with Crippen LogP contribution in [0.2, 0.25) is 5.02 Å². The van der Waals surface area contributed by atoms with Gasteiger partial charge in [-0.3, -0.25) is 9.99 Å². The van der Waals surface area contributed by atoms with Gasteiger partial charge in [0, 0.05) is 34.9 Å². The summed E-state index contributed by atoms with van der Waals surface area (Å²) in [5, 5.41) is 16.9. The number of alkyl halides is 2. The van der Waals surface area contributed by atoms with Crippen molar-refractivity contribution in [2.45, 2.75) is 17.9 Å². The number of β-amino-alcohol motifs (C(OH)–C–C–N with tert-alkyl or cyclic N) is 1. The third kappa shape index (κ3) is 3.54. The maximum Gasteiger partial charge on any atom is 0.323 e. The molecule has 1 aromatic carbocycles. The van der Waals surface area contributed by atoms with Gasteiger partial charge < -0.3 is 5.11 Å². The fourth-order valence-corrected chi connectivity index (χ4v) is 3.14. The lowest BCUT2D eigenvalue weighted by atomic mass is 9.85. The van der Waals surface area contributed by atoms with Crippen molar-refractivity contribution >= 4 is 33.7 Å². The lowest BCUT2D eigenvalue weighted by molar-refractivity contribution is -0.206. The van der Waals surface area contributed by atoms with Gasteiger partial charge in [-0.25, -0.2) is 0 Å². The summed E-state index contributed by atoms with van der Waals surface area (Å²) in [6, 6.07) is 8.51. The van der Waals surface area contributed by atoms with E-state index in [9.17, 15) is 5.11 Å². The Hall–Kier alpha value is -1.57. The van der Waals surface area contributed by atoms with Crippen LogP contribution < -0.4 is 0 Å². The van der Waals surface area contributed by atoms with E-state index >= 15 is 8.78 Å². The number of rotatable bonds is 5.